The molecule has 2 aromatic heterocycles. The van der Waals surface area contributed by atoms with Crippen LogP contribution in [-0.2, 0) is 14.9 Å². The summed E-state index contributed by atoms with van der Waals surface area (Å²) in [5, 5.41) is 9.74. The molecule has 1 aliphatic carbocycles. The van der Waals surface area contributed by atoms with E-state index in [0.29, 0.717) is 23.1 Å². The van der Waals surface area contributed by atoms with Crippen LogP contribution < -0.4 is 4.74 Å². The number of nitrogens with zero attached hydrogens (tertiary/aromatic N) is 3. The first-order valence-corrected chi connectivity index (χ1v) is 14.2. The van der Waals surface area contributed by atoms with Crippen LogP contribution in [0.3, 0.4) is 0 Å². The maximum Gasteiger partial charge on any atom is 0.308 e. The van der Waals surface area contributed by atoms with Crippen molar-refractivity contribution in [1.82, 2.24) is 19.8 Å². The van der Waals surface area contributed by atoms with Crippen LogP contribution >= 0.6 is 11.6 Å². The predicted octanol–water partition coefficient (Wildman–Crippen LogP) is 7.52. The van der Waals surface area contributed by atoms with E-state index in [1.807, 2.05) is 24.3 Å². The molecule has 2 heterocycles. The Labute approximate surface area is 225 Å². The lowest BCUT2D eigenvalue weighted by Gasteiger charge is -2.27. The largest absolute Gasteiger partial charge is 0.490 e. The van der Waals surface area contributed by atoms with Gasteiger partial charge in [-0.2, -0.15) is 5.10 Å². The average Bonchev–Trinajstić information content (AvgIpc) is 3.43. The molecule has 0 radical (unpaired) electrons. The quantitative estimate of drug-likeness (QED) is 0.205. The number of nitrogens with one attached hydrogen (secondary N) is 1. The van der Waals surface area contributed by atoms with E-state index >= 15 is 0 Å². The molecule has 0 bridgehead atoms. The molecule has 1 saturated carbocycles. The zero-order valence-electron chi connectivity index (χ0n) is 22.7. The molecule has 1 fully saturated rings. The Balaban J connectivity index is 1.23. The summed E-state index contributed by atoms with van der Waals surface area (Å²) >= 11 is 6.56. The summed E-state index contributed by atoms with van der Waals surface area (Å²) in [5.41, 5.74) is 2.30. The van der Waals surface area contributed by atoms with Crippen molar-refractivity contribution in [2.75, 3.05) is 6.61 Å². The normalized spacial score (nSPS) is 18.3. The summed E-state index contributed by atoms with van der Waals surface area (Å²) in [6.07, 6.45) is 10.7. The Bertz CT molecular complexity index is 1150. The van der Waals surface area contributed by atoms with E-state index in [4.69, 9.17) is 21.1 Å². The number of halogens is 1. The maximum absolute atomic E-state index is 12.4. The van der Waals surface area contributed by atoms with Gasteiger partial charge in [-0.15, -0.1) is 9.73 Å². The molecule has 202 valence electrons. The van der Waals surface area contributed by atoms with Crippen LogP contribution in [0.2, 0.25) is 5.02 Å². The topological polar surface area (TPSA) is 81.5 Å². The number of H-pyrrole nitrogens is 1. The monoisotopic (exact) mass is 528 g/mol. The van der Waals surface area contributed by atoms with Gasteiger partial charge in [-0.25, -0.2) is 0 Å². The van der Waals surface area contributed by atoms with Crippen molar-refractivity contribution in [3.05, 3.63) is 35.0 Å². The molecular weight excluding hydrogens is 488 g/mol. The molecular formula is C29H41ClN4O3. The van der Waals surface area contributed by atoms with Gasteiger partial charge in [-0.05, 0) is 56.4 Å². The third kappa shape index (κ3) is 7.07. The number of esters is 1. The Hall–Kier alpha value is -2.54. The van der Waals surface area contributed by atoms with Crippen molar-refractivity contribution in [3.63, 3.8) is 0 Å². The fraction of sp³-hybridized carbons (Fsp3) is 0.621. The van der Waals surface area contributed by atoms with Crippen LogP contribution in [0.5, 0.6) is 5.75 Å². The van der Waals surface area contributed by atoms with E-state index in [1.54, 1.807) is 4.63 Å². The van der Waals surface area contributed by atoms with Gasteiger partial charge in [0.1, 0.15) is 10.8 Å². The van der Waals surface area contributed by atoms with Gasteiger partial charge in [0.25, 0.3) is 0 Å². The first kappa shape index (κ1) is 27.5. The van der Waals surface area contributed by atoms with E-state index < -0.39 is 0 Å². The number of hydrogen-bond acceptors (Lipinski definition) is 5. The maximum atomic E-state index is 12.4. The lowest BCUT2D eigenvalue weighted by atomic mass is 9.87. The van der Waals surface area contributed by atoms with Crippen molar-refractivity contribution in [2.24, 2.45) is 5.92 Å². The summed E-state index contributed by atoms with van der Waals surface area (Å²) in [5.74, 6) is 1.50. The minimum Gasteiger partial charge on any atom is -0.490 e. The van der Waals surface area contributed by atoms with Crippen LogP contribution in [0.4, 0.5) is 0 Å². The van der Waals surface area contributed by atoms with E-state index in [9.17, 15) is 4.79 Å². The van der Waals surface area contributed by atoms with Crippen molar-refractivity contribution in [2.45, 2.75) is 103 Å². The van der Waals surface area contributed by atoms with Gasteiger partial charge < -0.3 is 14.5 Å². The molecule has 0 unspecified atom stereocenters. The molecule has 7 nitrogen and oxygen atoms in total. The highest BCUT2D eigenvalue weighted by atomic mass is 35.5. The fourth-order valence-corrected chi connectivity index (χ4v) is 5.32. The van der Waals surface area contributed by atoms with E-state index in [2.05, 4.69) is 42.9 Å². The Morgan fingerprint density at radius 2 is 1.70 bits per heavy atom. The summed E-state index contributed by atoms with van der Waals surface area (Å²) in [6, 6.07) is 7.89. The molecule has 0 aliphatic heterocycles. The molecule has 0 amide bonds. The van der Waals surface area contributed by atoms with Crippen molar-refractivity contribution < 1.29 is 14.3 Å². The number of ether oxygens (including phenoxy) is 2. The SMILES string of the molecule is CCCCCCCCOC(=O)C1CCC(Oc2ccc(-c3nn4nc(C(C)(C)C)c(Cl)c4[nH]3)cc2)CC1. The Morgan fingerprint density at radius 1 is 1.03 bits per heavy atom. The summed E-state index contributed by atoms with van der Waals surface area (Å²) < 4.78 is 13.3. The summed E-state index contributed by atoms with van der Waals surface area (Å²) in [4.78, 5) is 15.7. The zero-order chi connectivity index (χ0) is 26.4. The number of aromatic amines is 1. The van der Waals surface area contributed by atoms with Crippen LogP contribution in [-0.4, -0.2) is 38.5 Å². The van der Waals surface area contributed by atoms with Crippen LogP contribution in [0.15, 0.2) is 24.3 Å². The molecule has 3 aromatic rings. The molecule has 1 N–H and O–H groups in total. The van der Waals surface area contributed by atoms with Crippen molar-refractivity contribution in [1.29, 1.82) is 0 Å². The number of benzene rings is 1. The van der Waals surface area contributed by atoms with Gasteiger partial charge >= 0.3 is 5.97 Å². The molecule has 37 heavy (non-hydrogen) atoms. The smallest absolute Gasteiger partial charge is 0.308 e. The number of carbonyl (C=O) groups excluding carboxylic acids is 1. The third-order valence-electron chi connectivity index (χ3n) is 7.13. The minimum atomic E-state index is -0.155. The van der Waals surface area contributed by atoms with Gasteiger partial charge in [0, 0.05) is 11.0 Å². The van der Waals surface area contributed by atoms with Gasteiger partial charge in [0.15, 0.2) is 11.5 Å². The number of unbranched alkanes of at least 4 members (excludes halogenated alkanes) is 5. The first-order chi connectivity index (χ1) is 17.8. The number of rotatable bonds is 11. The number of hydrogen-bond donors (Lipinski definition) is 1. The van der Waals surface area contributed by atoms with Crippen molar-refractivity contribution in [3.8, 4) is 17.1 Å². The van der Waals surface area contributed by atoms with Crippen LogP contribution in [0.1, 0.15) is 97.6 Å². The second-order valence-electron chi connectivity index (χ2n) is 11.3. The highest BCUT2D eigenvalue weighted by Crippen LogP contribution is 2.33. The van der Waals surface area contributed by atoms with Gasteiger partial charge in [0.2, 0.25) is 0 Å². The van der Waals surface area contributed by atoms with Crippen molar-refractivity contribution >= 4 is 23.2 Å². The molecule has 0 spiro atoms. The molecule has 0 saturated heterocycles. The molecule has 4 rings (SSSR count). The van der Waals surface area contributed by atoms with Gasteiger partial charge in [-0.1, -0.05) is 71.4 Å². The van der Waals surface area contributed by atoms with E-state index in [0.717, 1.165) is 55.5 Å². The number of aromatic nitrogens is 4. The van der Waals surface area contributed by atoms with Crippen LogP contribution in [0, 0.1) is 5.92 Å². The molecule has 0 atom stereocenters. The highest BCUT2D eigenvalue weighted by molar-refractivity contribution is 6.34. The molecule has 1 aliphatic rings. The van der Waals surface area contributed by atoms with E-state index in [1.165, 1.54) is 25.7 Å². The Kier molecular flexibility index (Phi) is 9.17. The standard InChI is InChI=1S/C29H41ClN4O3/c1-5-6-7-8-9-10-19-36-28(35)21-13-17-23(18-14-21)37-22-15-11-20(12-16-22)26-31-27-24(30)25(29(2,3)4)32-34(27)33-26/h11-12,15-16,21,23H,5-10,13-14,17-19H2,1-4H3,(H,31,33). The summed E-state index contributed by atoms with van der Waals surface area (Å²) in [7, 11) is 0. The zero-order valence-corrected chi connectivity index (χ0v) is 23.4. The average molecular weight is 529 g/mol. The fourth-order valence-electron chi connectivity index (χ4n) is 4.88. The molecule has 8 heteroatoms. The lowest BCUT2D eigenvalue weighted by Crippen LogP contribution is -2.29. The minimum absolute atomic E-state index is 0.00538. The number of carbonyl (C=O) groups is 1. The summed E-state index contributed by atoms with van der Waals surface area (Å²) in [6.45, 7) is 9.01. The number of fused-ring (bicyclic) bond motifs is 1. The second kappa shape index (κ2) is 12.3. The van der Waals surface area contributed by atoms with Gasteiger partial charge in [0.05, 0.1) is 24.3 Å². The second-order valence-corrected chi connectivity index (χ2v) is 11.7. The highest BCUT2D eigenvalue weighted by Gasteiger charge is 2.28. The lowest BCUT2D eigenvalue weighted by molar-refractivity contribution is -0.150. The van der Waals surface area contributed by atoms with E-state index in [-0.39, 0.29) is 23.4 Å². The first-order valence-electron chi connectivity index (χ1n) is 13.8. The predicted molar refractivity (Wildman–Crippen MR) is 147 cm³/mol. The molecule has 1 aromatic carbocycles. The van der Waals surface area contributed by atoms with Crippen LogP contribution in [0.25, 0.3) is 17.0 Å². The Morgan fingerprint density at radius 3 is 2.35 bits per heavy atom. The third-order valence-corrected chi connectivity index (χ3v) is 7.49. The van der Waals surface area contributed by atoms with Gasteiger partial charge in [-0.3, -0.25) is 4.79 Å².